The molecule has 16 heavy (non-hydrogen) atoms. The highest BCUT2D eigenvalue weighted by Crippen LogP contribution is 2.82. The molecule has 0 amide bonds. The van der Waals surface area contributed by atoms with Gasteiger partial charge in [0.05, 0.1) is 0 Å². The van der Waals surface area contributed by atoms with Gasteiger partial charge in [-0.15, -0.1) is 0 Å². The Morgan fingerprint density at radius 1 is 0.938 bits per heavy atom. The molecule has 0 aromatic heterocycles. The second-order valence-electron chi connectivity index (χ2n) is 8.18. The molecule has 2 spiro atoms. The number of rotatable bonds is 0. The van der Waals surface area contributed by atoms with E-state index in [0.29, 0.717) is 5.41 Å². The van der Waals surface area contributed by atoms with Crippen LogP contribution >= 0.6 is 0 Å². The van der Waals surface area contributed by atoms with E-state index in [1.807, 2.05) is 0 Å². The van der Waals surface area contributed by atoms with Gasteiger partial charge in [0.1, 0.15) is 0 Å². The Morgan fingerprint density at radius 3 is 2.38 bits per heavy atom. The fourth-order valence-electron chi connectivity index (χ4n) is 6.73. The largest absolute Gasteiger partial charge is 0.0622 e. The van der Waals surface area contributed by atoms with E-state index in [1.54, 1.807) is 38.5 Å². The monoisotopic (exact) mass is 218 g/mol. The third-order valence-electron chi connectivity index (χ3n) is 7.66. The van der Waals surface area contributed by atoms with Crippen molar-refractivity contribution in [2.75, 3.05) is 0 Å². The minimum atomic E-state index is 0.655. The molecule has 0 heterocycles. The summed E-state index contributed by atoms with van der Waals surface area (Å²) in [6.45, 7) is 7.74. The average molecular weight is 218 g/mol. The lowest BCUT2D eigenvalue weighted by atomic mass is 9.63. The topological polar surface area (TPSA) is 0 Å². The summed E-state index contributed by atoms with van der Waals surface area (Å²) in [5, 5.41) is 0. The second-order valence-corrected chi connectivity index (χ2v) is 8.18. The third kappa shape index (κ3) is 0.842. The molecule has 2 bridgehead atoms. The molecular weight excluding hydrogens is 192 g/mol. The first kappa shape index (κ1) is 9.97. The van der Waals surface area contributed by atoms with Crippen molar-refractivity contribution in [3.8, 4) is 0 Å². The standard InChI is InChI=1S/C16H26/c1-11-4-7-16-10-12(11)14(2,3)13(16)5-6-15(16)8-9-15/h11-13H,4-10H2,1-3H3/t11-,12+,13+,16-/m0/s1. The lowest BCUT2D eigenvalue weighted by Gasteiger charge is -2.41. The molecule has 4 rings (SSSR count). The molecular formula is C16H26. The minimum Gasteiger partial charge on any atom is -0.0622 e. The molecule has 4 atom stereocenters. The van der Waals surface area contributed by atoms with Gasteiger partial charge < -0.3 is 0 Å². The highest BCUT2D eigenvalue weighted by atomic mass is 14.8. The van der Waals surface area contributed by atoms with Crippen molar-refractivity contribution in [3.63, 3.8) is 0 Å². The van der Waals surface area contributed by atoms with E-state index in [9.17, 15) is 0 Å². The van der Waals surface area contributed by atoms with Crippen LogP contribution in [-0.4, -0.2) is 0 Å². The maximum atomic E-state index is 2.60. The molecule has 4 fully saturated rings. The lowest BCUT2D eigenvalue weighted by Crippen LogP contribution is -2.33. The van der Waals surface area contributed by atoms with Crippen LogP contribution in [0.3, 0.4) is 0 Å². The van der Waals surface area contributed by atoms with Crippen molar-refractivity contribution >= 4 is 0 Å². The Balaban J connectivity index is 1.84. The van der Waals surface area contributed by atoms with Crippen LogP contribution in [0.5, 0.6) is 0 Å². The van der Waals surface area contributed by atoms with E-state index in [4.69, 9.17) is 0 Å². The van der Waals surface area contributed by atoms with Crippen molar-refractivity contribution in [2.24, 2.45) is 34.0 Å². The summed E-state index contributed by atoms with van der Waals surface area (Å²) in [6.07, 6.45) is 11.0. The van der Waals surface area contributed by atoms with Gasteiger partial charge in [-0.05, 0) is 78.9 Å². The summed E-state index contributed by atoms with van der Waals surface area (Å²) in [6, 6.07) is 0. The highest BCUT2D eigenvalue weighted by molar-refractivity contribution is 5.22. The zero-order chi connectivity index (χ0) is 11.2. The van der Waals surface area contributed by atoms with Gasteiger partial charge in [-0.2, -0.15) is 0 Å². The molecule has 90 valence electrons. The van der Waals surface area contributed by atoms with Crippen molar-refractivity contribution in [3.05, 3.63) is 0 Å². The van der Waals surface area contributed by atoms with Crippen LogP contribution in [0.2, 0.25) is 0 Å². The Bertz CT molecular complexity index is 336. The summed E-state index contributed by atoms with van der Waals surface area (Å²) >= 11 is 0. The highest BCUT2D eigenvalue weighted by Gasteiger charge is 2.73. The van der Waals surface area contributed by atoms with Gasteiger partial charge in [-0.3, -0.25) is 0 Å². The zero-order valence-electron chi connectivity index (χ0n) is 11.2. The third-order valence-corrected chi connectivity index (χ3v) is 7.66. The maximum Gasteiger partial charge on any atom is -0.0204 e. The number of hydrogen-bond donors (Lipinski definition) is 0. The predicted molar refractivity (Wildman–Crippen MR) is 67.1 cm³/mol. The normalized spacial score (nSPS) is 55.3. The van der Waals surface area contributed by atoms with E-state index >= 15 is 0 Å². The Labute approximate surface area is 100 Å². The summed E-state index contributed by atoms with van der Waals surface area (Å²) < 4.78 is 0. The summed E-state index contributed by atoms with van der Waals surface area (Å²) in [7, 11) is 0. The Hall–Kier alpha value is 0. The first-order valence-electron chi connectivity index (χ1n) is 7.52. The number of fused-ring (bicyclic) bond motifs is 1. The van der Waals surface area contributed by atoms with E-state index in [0.717, 1.165) is 28.6 Å². The Morgan fingerprint density at radius 2 is 1.69 bits per heavy atom. The molecule has 0 saturated heterocycles. The predicted octanol–water partition coefficient (Wildman–Crippen LogP) is 4.64. The average Bonchev–Trinajstić information content (AvgIpc) is 2.89. The van der Waals surface area contributed by atoms with Crippen molar-refractivity contribution < 1.29 is 0 Å². The van der Waals surface area contributed by atoms with Crippen molar-refractivity contribution in [2.45, 2.75) is 65.7 Å². The molecule has 0 N–H and O–H groups in total. The minimum absolute atomic E-state index is 0.655. The Kier molecular flexibility index (Phi) is 1.59. The molecule has 0 heteroatoms. The fourth-order valence-corrected chi connectivity index (χ4v) is 6.73. The summed E-state index contributed by atoms with van der Waals surface area (Å²) in [5.74, 6) is 3.13. The first-order chi connectivity index (χ1) is 7.52. The fraction of sp³-hybridized carbons (Fsp3) is 1.00. The quantitative estimate of drug-likeness (QED) is 0.555. The van der Waals surface area contributed by atoms with Crippen molar-refractivity contribution in [1.82, 2.24) is 0 Å². The van der Waals surface area contributed by atoms with Crippen LogP contribution in [0.25, 0.3) is 0 Å². The molecule has 0 nitrogen and oxygen atoms in total. The van der Waals surface area contributed by atoms with Crippen LogP contribution in [-0.2, 0) is 0 Å². The zero-order valence-corrected chi connectivity index (χ0v) is 11.2. The van der Waals surface area contributed by atoms with E-state index in [-0.39, 0.29) is 0 Å². The van der Waals surface area contributed by atoms with Crippen LogP contribution in [0.15, 0.2) is 0 Å². The van der Waals surface area contributed by atoms with Gasteiger partial charge in [-0.25, -0.2) is 0 Å². The second kappa shape index (κ2) is 2.54. The number of hydrogen-bond acceptors (Lipinski definition) is 0. The van der Waals surface area contributed by atoms with Crippen LogP contribution in [0.1, 0.15) is 65.7 Å². The smallest absolute Gasteiger partial charge is 0.0204 e. The van der Waals surface area contributed by atoms with Crippen LogP contribution < -0.4 is 0 Å². The summed E-state index contributed by atoms with van der Waals surface area (Å²) in [4.78, 5) is 0. The van der Waals surface area contributed by atoms with E-state index in [2.05, 4.69) is 20.8 Å². The lowest BCUT2D eigenvalue weighted by molar-refractivity contribution is 0.0791. The van der Waals surface area contributed by atoms with Gasteiger partial charge >= 0.3 is 0 Å². The van der Waals surface area contributed by atoms with Gasteiger partial charge in [0.15, 0.2) is 0 Å². The van der Waals surface area contributed by atoms with E-state index in [1.165, 1.54) is 6.42 Å². The van der Waals surface area contributed by atoms with E-state index < -0.39 is 0 Å². The van der Waals surface area contributed by atoms with Crippen LogP contribution in [0.4, 0.5) is 0 Å². The molecule has 4 saturated carbocycles. The van der Waals surface area contributed by atoms with Gasteiger partial charge in [0.25, 0.3) is 0 Å². The molecule has 0 unspecified atom stereocenters. The van der Waals surface area contributed by atoms with Gasteiger partial charge in [0, 0.05) is 0 Å². The molecule has 4 aliphatic carbocycles. The van der Waals surface area contributed by atoms with Gasteiger partial charge in [0.2, 0.25) is 0 Å². The maximum absolute atomic E-state index is 2.60. The van der Waals surface area contributed by atoms with Crippen LogP contribution in [0, 0.1) is 34.0 Å². The molecule has 0 aromatic carbocycles. The van der Waals surface area contributed by atoms with Crippen molar-refractivity contribution in [1.29, 1.82) is 0 Å². The SMILES string of the molecule is C[C@H]1CC[C@]23C[C@H]1C(C)(C)[C@H]2CCC31CC1. The first-order valence-corrected chi connectivity index (χ1v) is 7.52. The molecule has 0 radical (unpaired) electrons. The summed E-state index contributed by atoms with van der Waals surface area (Å²) in [5.41, 5.74) is 2.35. The molecule has 0 aromatic rings. The molecule has 4 aliphatic rings. The van der Waals surface area contributed by atoms with Gasteiger partial charge in [-0.1, -0.05) is 20.8 Å². The molecule has 0 aliphatic heterocycles.